The highest BCUT2D eigenvalue weighted by Gasteiger charge is 2.25. The smallest absolute Gasteiger partial charge is 0.132 e. The van der Waals surface area contributed by atoms with Crippen molar-refractivity contribution >= 4 is 5.78 Å². The van der Waals surface area contributed by atoms with Crippen molar-refractivity contribution in [1.82, 2.24) is 20.3 Å². The molecule has 1 rings (SSSR count). The van der Waals surface area contributed by atoms with Gasteiger partial charge in [-0.1, -0.05) is 5.21 Å². The molecule has 0 fully saturated rings. The van der Waals surface area contributed by atoms with Gasteiger partial charge in [-0.25, -0.2) is 4.68 Å². The minimum atomic E-state index is -0.434. The first-order valence-electron chi connectivity index (χ1n) is 8.44. The highest BCUT2D eigenvalue weighted by Crippen LogP contribution is 2.22. The molecule has 1 aromatic rings. The van der Waals surface area contributed by atoms with Crippen molar-refractivity contribution in [2.45, 2.75) is 65.2 Å². The van der Waals surface area contributed by atoms with Gasteiger partial charge in [0, 0.05) is 19.6 Å². The third kappa shape index (κ3) is 7.51. The van der Waals surface area contributed by atoms with E-state index in [4.69, 9.17) is 9.47 Å². The summed E-state index contributed by atoms with van der Waals surface area (Å²) in [4.78, 5) is 11.3. The summed E-state index contributed by atoms with van der Waals surface area (Å²) >= 11 is 0. The van der Waals surface area contributed by atoms with E-state index < -0.39 is 5.60 Å². The molecule has 0 unspecified atom stereocenters. The Morgan fingerprint density at radius 3 is 2.62 bits per heavy atom. The molecule has 0 radical (unpaired) electrons. The molecule has 7 heteroatoms. The minimum absolute atomic E-state index is 0.137. The SMILES string of the molecule is CNCCOCc1cn(C(C)(C)CCOC(C)(C)CC(C)=O)nn1. The van der Waals surface area contributed by atoms with Crippen LogP contribution in [0, 0.1) is 0 Å². The van der Waals surface area contributed by atoms with Crippen molar-refractivity contribution in [3.8, 4) is 0 Å². The van der Waals surface area contributed by atoms with Crippen LogP contribution in [-0.2, 0) is 26.4 Å². The predicted molar refractivity (Wildman–Crippen MR) is 92.9 cm³/mol. The number of aromatic nitrogens is 3. The second-order valence-corrected chi connectivity index (χ2v) is 7.36. The maximum absolute atomic E-state index is 11.3. The largest absolute Gasteiger partial charge is 0.375 e. The van der Waals surface area contributed by atoms with E-state index in [9.17, 15) is 4.79 Å². The number of nitrogens with one attached hydrogen (secondary N) is 1. The first-order chi connectivity index (χ1) is 11.2. The number of hydrogen-bond donors (Lipinski definition) is 1. The fourth-order valence-corrected chi connectivity index (χ4v) is 2.35. The lowest BCUT2D eigenvalue weighted by molar-refractivity contribution is -0.123. The molecule has 0 aromatic carbocycles. The van der Waals surface area contributed by atoms with Gasteiger partial charge in [0.15, 0.2) is 0 Å². The van der Waals surface area contributed by atoms with Crippen LogP contribution in [0.3, 0.4) is 0 Å². The Labute approximate surface area is 145 Å². The van der Waals surface area contributed by atoms with E-state index in [2.05, 4.69) is 29.5 Å². The van der Waals surface area contributed by atoms with Gasteiger partial charge >= 0.3 is 0 Å². The predicted octanol–water partition coefficient (Wildman–Crippen LogP) is 1.91. The quantitative estimate of drug-likeness (QED) is 0.586. The molecule has 1 heterocycles. The van der Waals surface area contributed by atoms with Crippen molar-refractivity contribution in [3.63, 3.8) is 0 Å². The van der Waals surface area contributed by atoms with Crippen molar-refractivity contribution in [3.05, 3.63) is 11.9 Å². The van der Waals surface area contributed by atoms with Crippen molar-refractivity contribution < 1.29 is 14.3 Å². The maximum Gasteiger partial charge on any atom is 0.132 e. The van der Waals surface area contributed by atoms with Gasteiger partial charge in [-0.3, -0.25) is 4.79 Å². The highest BCUT2D eigenvalue weighted by molar-refractivity contribution is 5.76. The highest BCUT2D eigenvalue weighted by atomic mass is 16.5. The molecule has 0 aliphatic heterocycles. The molecule has 0 bridgehead atoms. The lowest BCUT2D eigenvalue weighted by Gasteiger charge is -2.29. The van der Waals surface area contributed by atoms with Crippen LogP contribution >= 0.6 is 0 Å². The number of carbonyl (C=O) groups is 1. The molecule has 0 saturated heterocycles. The normalized spacial score (nSPS) is 12.6. The molecule has 24 heavy (non-hydrogen) atoms. The second kappa shape index (κ2) is 9.25. The Hall–Kier alpha value is -1.31. The van der Waals surface area contributed by atoms with Crippen LogP contribution in [0.15, 0.2) is 6.20 Å². The van der Waals surface area contributed by atoms with E-state index in [0.29, 0.717) is 26.2 Å². The number of carbonyl (C=O) groups excluding carboxylic acids is 1. The lowest BCUT2D eigenvalue weighted by Crippen LogP contribution is -2.33. The average molecular weight is 340 g/mol. The number of ether oxygens (including phenoxy) is 2. The summed E-state index contributed by atoms with van der Waals surface area (Å²) in [6.45, 7) is 12.1. The molecule has 1 aromatic heterocycles. The third-order valence-corrected chi connectivity index (χ3v) is 3.79. The zero-order valence-electron chi connectivity index (χ0n) is 15.9. The van der Waals surface area contributed by atoms with Crippen LogP contribution in [0.25, 0.3) is 0 Å². The standard InChI is InChI=1S/C17H32N4O3/c1-14(22)11-17(4,5)24-9-7-16(2,3)21-12-15(19-20-21)13-23-10-8-18-6/h12,18H,7-11,13H2,1-6H3. The van der Waals surface area contributed by atoms with Crippen LogP contribution in [0.4, 0.5) is 0 Å². The van der Waals surface area contributed by atoms with Gasteiger partial charge < -0.3 is 14.8 Å². The van der Waals surface area contributed by atoms with E-state index in [1.54, 1.807) is 6.92 Å². The molecule has 0 saturated carbocycles. The molecule has 0 amide bonds. The first kappa shape index (κ1) is 20.7. The van der Waals surface area contributed by atoms with E-state index in [1.165, 1.54) is 0 Å². The fraction of sp³-hybridized carbons (Fsp3) is 0.824. The Morgan fingerprint density at radius 1 is 1.29 bits per heavy atom. The molecule has 0 atom stereocenters. The van der Waals surface area contributed by atoms with Gasteiger partial charge in [0.1, 0.15) is 11.5 Å². The van der Waals surface area contributed by atoms with Gasteiger partial charge in [0.2, 0.25) is 0 Å². The first-order valence-corrected chi connectivity index (χ1v) is 8.44. The Balaban J connectivity index is 2.47. The van der Waals surface area contributed by atoms with Gasteiger partial charge in [0.05, 0.1) is 30.6 Å². The summed E-state index contributed by atoms with van der Waals surface area (Å²) in [7, 11) is 1.89. The number of Topliss-reactive ketones (excluding diaryl/α,β-unsaturated/α-hetero) is 1. The maximum atomic E-state index is 11.3. The fourth-order valence-electron chi connectivity index (χ4n) is 2.35. The summed E-state index contributed by atoms with van der Waals surface area (Å²) in [6.07, 6.45) is 3.11. The molecular formula is C17H32N4O3. The van der Waals surface area contributed by atoms with Gasteiger partial charge in [-0.2, -0.15) is 0 Å². The van der Waals surface area contributed by atoms with Gasteiger partial charge in [-0.15, -0.1) is 5.10 Å². The zero-order chi connectivity index (χ0) is 18.2. The molecule has 0 aliphatic rings. The van der Waals surface area contributed by atoms with Crippen molar-refractivity contribution in [2.24, 2.45) is 0 Å². The van der Waals surface area contributed by atoms with E-state index in [1.807, 2.05) is 31.8 Å². The molecule has 7 nitrogen and oxygen atoms in total. The van der Waals surface area contributed by atoms with Crippen LogP contribution in [0.5, 0.6) is 0 Å². The zero-order valence-corrected chi connectivity index (χ0v) is 15.9. The average Bonchev–Trinajstić information content (AvgIpc) is 2.91. The number of hydrogen-bond acceptors (Lipinski definition) is 6. The molecule has 0 aliphatic carbocycles. The number of rotatable bonds is 12. The lowest BCUT2D eigenvalue weighted by atomic mass is 10.00. The number of ketones is 1. The topological polar surface area (TPSA) is 78.3 Å². The van der Waals surface area contributed by atoms with E-state index in [-0.39, 0.29) is 11.3 Å². The Morgan fingerprint density at radius 2 is 2.00 bits per heavy atom. The summed E-state index contributed by atoms with van der Waals surface area (Å²) in [5.74, 6) is 0.137. The molecule has 1 N–H and O–H groups in total. The van der Waals surface area contributed by atoms with Crippen LogP contribution < -0.4 is 5.32 Å². The Kier molecular flexibility index (Phi) is 7.99. The minimum Gasteiger partial charge on any atom is -0.375 e. The summed E-state index contributed by atoms with van der Waals surface area (Å²) in [5.41, 5.74) is 0.163. The monoisotopic (exact) mass is 340 g/mol. The molecule has 138 valence electrons. The third-order valence-electron chi connectivity index (χ3n) is 3.79. The number of nitrogens with zero attached hydrogens (tertiary/aromatic N) is 3. The van der Waals surface area contributed by atoms with Gasteiger partial charge in [-0.05, 0) is 48.1 Å². The van der Waals surface area contributed by atoms with Crippen molar-refractivity contribution in [2.75, 3.05) is 26.8 Å². The van der Waals surface area contributed by atoms with E-state index >= 15 is 0 Å². The molecular weight excluding hydrogens is 308 g/mol. The second-order valence-electron chi connectivity index (χ2n) is 7.36. The van der Waals surface area contributed by atoms with Crippen LogP contribution in [0.1, 0.15) is 53.2 Å². The van der Waals surface area contributed by atoms with Crippen LogP contribution in [-0.4, -0.2) is 53.2 Å². The number of likely N-dealkylation sites (N-methyl/N-ethyl adjacent to an activating group) is 1. The van der Waals surface area contributed by atoms with Crippen LogP contribution in [0.2, 0.25) is 0 Å². The Bertz CT molecular complexity index is 512. The summed E-state index contributed by atoms with van der Waals surface area (Å²) < 4.78 is 13.2. The molecule has 0 spiro atoms. The summed E-state index contributed by atoms with van der Waals surface area (Å²) in [6, 6.07) is 0. The van der Waals surface area contributed by atoms with Gasteiger partial charge in [0.25, 0.3) is 0 Å². The summed E-state index contributed by atoms with van der Waals surface area (Å²) in [5, 5.41) is 11.4. The van der Waals surface area contributed by atoms with E-state index in [0.717, 1.165) is 18.7 Å². The van der Waals surface area contributed by atoms with Crippen molar-refractivity contribution in [1.29, 1.82) is 0 Å².